The van der Waals surface area contributed by atoms with Crippen LogP contribution >= 0.6 is 0 Å². The third kappa shape index (κ3) is 3.72. The van der Waals surface area contributed by atoms with E-state index in [0.29, 0.717) is 28.5 Å². The van der Waals surface area contributed by atoms with E-state index < -0.39 is 11.7 Å². The van der Waals surface area contributed by atoms with Crippen LogP contribution in [0.5, 0.6) is 17.4 Å². The van der Waals surface area contributed by atoms with Gasteiger partial charge in [-0.2, -0.15) is 0 Å². The first-order valence-corrected chi connectivity index (χ1v) is 8.17. The van der Waals surface area contributed by atoms with Crippen LogP contribution in [-0.4, -0.2) is 15.5 Å². The molecule has 0 unspecified atom stereocenters. The summed E-state index contributed by atoms with van der Waals surface area (Å²) in [4.78, 5) is 28.2. The zero-order valence-electron chi connectivity index (χ0n) is 14.1. The molecule has 0 saturated heterocycles. The van der Waals surface area contributed by atoms with Gasteiger partial charge in [-0.25, -0.2) is 14.6 Å². The van der Waals surface area contributed by atoms with Crippen molar-refractivity contribution in [1.29, 1.82) is 0 Å². The molecule has 0 bridgehead atoms. The molecular weight excluding hydrogens is 348 g/mol. The lowest BCUT2D eigenvalue weighted by Gasteiger charge is -2.07. The number of ether oxygens (including phenoxy) is 2. The molecule has 0 aliphatic carbocycles. The highest BCUT2D eigenvalue weighted by Crippen LogP contribution is 2.22. The summed E-state index contributed by atoms with van der Waals surface area (Å²) in [6, 6.07) is 18.8. The largest absolute Gasteiger partial charge is 0.439 e. The van der Waals surface area contributed by atoms with Crippen molar-refractivity contribution in [2.75, 3.05) is 0 Å². The number of aromatic nitrogens is 2. The number of rotatable bonds is 5. The molecule has 0 amide bonds. The summed E-state index contributed by atoms with van der Waals surface area (Å²) in [6.07, 6.45) is 1.63. The minimum absolute atomic E-state index is 0.248. The van der Waals surface area contributed by atoms with Crippen LogP contribution < -0.4 is 15.2 Å². The van der Waals surface area contributed by atoms with Gasteiger partial charge in [-0.05, 0) is 42.5 Å². The van der Waals surface area contributed by atoms with Crippen LogP contribution in [0.25, 0.3) is 11.1 Å². The highest BCUT2D eigenvalue weighted by Gasteiger charge is 2.14. The lowest BCUT2D eigenvalue weighted by Crippen LogP contribution is -2.23. The van der Waals surface area contributed by atoms with Crippen LogP contribution in [0.1, 0.15) is 0 Å². The molecule has 134 valence electrons. The van der Waals surface area contributed by atoms with Crippen molar-refractivity contribution >= 4 is 17.1 Å². The van der Waals surface area contributed by atoms with E-state index in [4.69, 9.17) is 13.9 Å². The summed E-state index contributed by atoms with van der Waals surface area (Å²) in [7, 11) is 0. The second kappa shape index (κ2) is 7.17. The Kier molecular flexibility index (Phi) is 4.40. The number of hydrogen-bond acceptors (Lipinski definition) is 6. The van der Waals surface area contributed by atoms with E-state index in [1.165, 1.54) is 4.57 Å². The monoisotopic (exact) mass is 362 g/mol. The van der Waals surface area contributed by atoms with Crippen molar-refractivity contribution in [3.63, 3.8) is 0 Å². The first-order valence-electron chi connectivity index (χ1n) is 8.17. The van der Waals surface area contributed by atoms with Gasteiger partial charge in [0.25, 0.3) is 0 Å². The SMILES string of the molecule is O=C(Cn1c(=O)oc2ccccc21)Oc1ccc(Oc2ccccn2)cc1. The maximum atomic E-state index is 12.2. The number of esters is 1. The fraction of sp³-hybridized carbons (Fsp3) is 0.0500. The van der Waals surface area contributed by atoms with E-state index in [1.54, 1.807) is 66.9 Å². The normalized spacial score (nSPS) is 10.7. The molecule has 0 atom stereocenters. The predicted octanol–water partition coefficient (Wildman–Crippen LogP) is 3.39. The number of carbonyl (C=O) groups excluding carboxylic acids is 1. The Balaban J connectivity index is 1.43. The Morgan fingerprint density at radius 1 is 0.963 bits per heavy atom. The van der Waals surface area contributed by atoms with Crippen molar-refractivity contribution in [3.8, 4) is 17.4 Å². The molecule has 0 fully saturated rings. The molecule has 0 spiro atoms. The fourth-order valence-electron chi connectivity index (χ4n) is 2.56. The minimum atomic E-state index is -0.604. The second-order valence-electron chi connectivity index (χ2n) is 5.64. The molecule has 2 aromatic heterocycles. The summed E-state index contributed by atoms with van der Waals surface area (Å²) >= 11 is 0. The lowest BCUT2D eigenvalue weighted by atomic mass is 10.3. The van der Waals surface area contributed by atoms with Crippen molar-refractivity contribution in [1.82, 2.24) is 9.55 Å². The molecule has 2 heterocycles. The number of fused-ring (bicyclic) bond motifs is 1. The second-order valence-corrected chi connectivity index (χ2v) is 5.64. The molecule has 2 aromatic carbocycles. The molecule has 7 nitrogen and oxygen atoms in total. The molecule has 4 aromatic rings. The smallest absolute Gasteiger partial charge is 0.420 e. The molecule has 0 aliphatic rings. The van der Waals surface area contributed by atoms with Gasteiger partial charge in [-0.15, -0.1) is 0 Å². The standard InChI is InChI=1S/C20H14N2O5/c23-19(13-22-16-5-1-2-6-17(16)27-20(22)24)26-15-10-8-14(9-11-15)25-18-7-3-4-12-21-18/h1-12H,13H2. The summed E-state index contributed by atoms with van der Waals surface area (Å²) in [5.74, 6) is 0.183. The van der Waals surface area contributed by atoms with Crippen LogP contribution in [0.2, 0.25) is 0 Å². The van der Waals surface area contributed by atoms with E-state index in [9.17, 15) is 9.59 Å². The number of pyridine rings is 1. The average Bonchev–Trinajstić information content (AvgIpc) is 2.99. The van der Waals surface area contributed by atoms with Crippen LogP contribution in [0.15, 0.2) is 82.1 Å². The summed E-state index contributed by atoms with van der Waals surface area (Å²) in [6.45, 7) is -0.248. The highest BCUT2D eigenvalue weighted by molar-refractivity contribution is 5.77. The van der Waals surface area contributed by atoms with E-state index in [1.807, 2.05) is 6.07 Å². The zero-order valence-corrected chi connectivity index (χ0v) is 14.1. The van der Waals surface area contributed by atoms with Gasteiger partial charge in [0.15, 0.2) is 5.58 Å². The molecule has 0 radical (unpaired) electrons. The number of para-hydroxylation sites is 2. The van der Waals surface area contributed by atoms with E-state index in [2.05, 4.69) is 4.98 Å². The van der Waals surface area contributed by atoms with Crippen molar-refractivity contribution in [3.05, 3.63) is 83.5 Å². The van der Waals surface area contributed by atoms with Crippen molar-refractivity contribution in [2.45, 2.75) is 6.54 Å². The van der Waals surface area contributed by atoms with Crippen LogP contribution in [0.3, 0.4) is 0 Å². The van der Waals surface area contributed by atoms with Gasteiger partial charge in [0.1, 0.15) is 18.0 Å². The Morgan fingerprint density at radius 2 is 1.70 bits per heavy atom. The van der Waals surface area contributed by atoms with Gasteiger partial charge in [-0.1, -0.05) is 18.2 Å². The Morgan fingerprint density at radius 3 is 2.48 bits per heavy atom. The van der Waals surface area contributed by atoms with E-state index in [0.717, 1.165) is 0 Å². The number of oxazole rings is 1. The molecule has 0 aliphatic heterocycles. The van der Waals surface area contributed by atoms with Gasteiger partial charge in [0, 0.05) is 12.3 Å². The molecule has 27 heavy (non-hydrogen) atoms. The van der Waals surface area contributed by atoms with Crippen LogP contribution in [0.4, 0.5) is 0 Å². The average molecular weight is 362 g/mol. The van der Waals surface area contributed by atoms with Crippen LogP contribution in [-0.2, 0) is 11.3 Å². The number of carbonyl (C=O) groups is 1. The van der Waals surface area contributed by atoms with E-state index in [-0.39, 0.29) is 6.54 Å². The third-order valence-corrected chi connectivity index (χ3v) is 3.78. The molecule has 4 rings (SSSR count). The number of benzene rings is 2. The van der Waals surface area contributed by atoms with Gasteiger partial charge < -0.3 is 13.9 Å². The fourth-order valence-corrected chi connectivity index (χ4v) is 2.56. The summed E-state index contributed by atoms with van der Waals surface area (Å²) in [5.41, 5.74) is 0.963. The number of hydrogen-bond donors (Lipinski definition) is 0. The van der Waals surface area contributed by atoms with Gasteiger partial charge in [0.05, 0.1) is 5.52 Å². The van der Waals surface area contributed by atoms with Gasteiger partial charge >= 0.3 is 11.7 Å². The quantitative estimate of drug-likeness (QED) is 0.400. The summed E-state index contributed by atoms with van der Waals surface area (Å²) in [5, 5.41) is 0. The van der Waals surface area contributed by atoms with Gasteiger partial charge in [-0.3, -0.25) is 4.57 Å². The third-order valence-electron chi connectivity index (χ3n) is 3.78. The van der Waals surface area contributed by atoms with Gasteiger partial charge in [0.2, 0.25) is 5.88 Å². The first kappa shape index (κ1) is 16.6. The first-order chi connectivity index (χ1) is 13.2. The maximum Gasteiger partial charge on any atom is 0.420 e. The molecule has 0 saturated carbocycles. The highest BCUT2D eigenvalue weighted by atomic mass is 16.5. The van der Waals surface area contributed by atoms with Crippen molar-refractivity contribution < 1.29 is 18.7 Å². The Bertz CT molecular complexity index is 1130. The van der Waals surface area contributed by atoms with E-state index >= 15 is 0 Å². The number of nitrogens with zero attached hydrogens (tertiary/aromatic N) is 2. The minimum Gasteiger partial charge on any atom is -0.439 e. The Hall–Kier alpha value is -3.87. The summed E-state index contributed by atoms with van der Waals surface area (Å²) < 4.78 is 17.2. The van der Waals surface area contributed by atoms with Crippen molar-refractivity contribution in [2.24, 2.45) is 0 Å². The molecule has 7 heteroatoms. The maximum absolute atomic E-state index is 12.2. The van der Waals surface area contributed by atoms with Crippen LogP contribution in [0, 0.1) is 0 Å². The predicted molar refractivity (Wildman–Crippen MR) is 96.9 cm³/mol. The lowest BCUT2D eigenvalue weighted by molar-refractivity contribution is -0.135. The zero-order chi connectivity index (χ0) is 18.6. The Labute approximate surface area is 153 Å². The topological polar surface area (TPSA) is 83.6 Å². The molecule has 0 N–H and O–H groups in total. The molecular formula is C20H14N2O5.